The van der Waals surface area contributed by atoms with Crippen LogP contribution >= 0.6 is 0 Å². The van der Waals surface area contributed by atoms with Crippen LogP contribution < -0.4 is 21.5 Å². The van der Waals surface area contributed by atoms with Crippen molar-refractivity contribution in [3.05, 3.63) is 82.7 Å². The standard InChI is InChI=1S/C31H30FN9O2/c1-17(2)40-16-26(27(39-40)21-8-6-7-19(11-21)14-33)37-31(43)36-25-13-20(9-10-24(25)32)23-12-22-15-35-30(34-5)38-28(22)41(18(3)4)29(23)42/h6-13,15-18H,1-5H3,(H,34,35,38)(H2,36,37,43). The molecule has 0 aliphatic rings. The molecule has 218 valence electrons. The smallest absolute Gasteiger partial charge is 0.323 e. The van der Waals surface area contributed by atoms with E-state index >= 15 is 0 Å². The minimum absolute atomic E-state index is 0.00213. The zero-order valence-electron chi connectivity index (χ0n) is 24.3. The van der Waals surface area contributed by atoms with E-state index in [0.717, 1.165) is 0 Å². The fourth-order valence-corrected chi connectivity index (χ4v) is 4.69. The second-order valence-corrected chi connectivity index (χ2v) is 10.5. The number of amides is 2. The lowest BCUT2D eigenvalue weighted by molar-refractivity contribution is 0.262. The lowest BCUT2D eigenvalue weighted by Crippen LogP contribution is -2.25. The van der Waals surface area contributed by atoms with Crippen LogP contribution in [0, 0.1) is 17.1 Å². The van der Waals surface area contributed by atoms with Crippen LogP contribution in [-0.4, -0.2) is 37.4 Å². The normalized spacial score (nSPS) is 11.1. The van der Waals surface area contributed by atoms with Crippen LogP contribution in [0.4, 0.5) is 26.5 Å². The predicted octanol–water partition coefficient (Wildman–Crippen LogP) is 6.18. The molecule has 12 heteroatoms. The first-order chi connectivity index (χ1) is 20.6. The number of nitriles is 1. The SMILES string of the molecule is CNc1ncc2cc(-c3ccc(F)c(NC(=O)Nc4cn(C(C)C)nc4-c4cccc(C#N)c4)c3)c(=O)n(C(C)C)c2n1. The molecule has 5 rings (SSSR count). The number of carbonyl (C=O) groups excluding carboxylic acids is 1. The van der Waals surface area contributed by atoms with Crippen LogP contribution in [-0.2, 0) is 0 Å². The van der Waals surface area contributed by atoms with Crippen molar-refractivity contribution >= 4 is 34.4 Å². The van der Waals surface area contributed by atoms with Gasteiger partial charge >= 0.3 is 6.03 Å². The van der Waals surface area contributed by atoms with Crippen molar-refractivity contribution in [1.82, 2.24) is 24.3 Å². The summed E-state index contributed by atoms with van der Waals surface area (Å²) < 4.78 is 18.2. The van der Waals surface area contributed by atoms with Crippen molar-refractivity contribution in [2.75, 3.05) is 23.0 Å². The van der Waals surface area contributed by atoms with Gasteiger partial charge in [-0.1, -0.05) is 18.2 Å². The topological polar surface area (TPSA) is 143 Å². The van der Waals surface area contributed by atoms with Crippen molar-refractivity contribution in [2.45, 2.75) is 39.8 Å². The molecule has 0 saturated heterocycles. The van der Waals surface area contributed by atoms with Gasteiger partial charge in [-0.2, -0.15) is 15.3 Å². The number of rotatable bonds is 7. The summed E-state index contributed by atoms with van der Waals surface area (Å²) in [4.78, 5) is 35.5. The number of halogens is 1. The molecule has 43 heavy (non-hydrogen) atoms. The van der Waals surface area contributed by atoms with Gasteiger partial charge < -0.3 is 16.0 Å². The maximum atomic E-state index is 15.0. The summed E-state index contributed by atoms with van der Waals surface area (Å²) in [6.07, 6.45) is 3.30. The average Bonchev–Trinajstić information content (AvgIpc) is 3.41. The summed E-state index contributed by atoms with van der Waals surface area (Å²) in [5, 5.41) is 22.8. The van der Waals surface area contributed by atoms with Crippen LogP contribution in [0.3, 0.4) is 0 Å². The molecular weight excluding hydrogens is 549 g/mol. The lowest BCUT2D eigenvalue weighted by Gasteiger charge is -2.16. The molecule has 3 N–H and O–H groups in total. The Labute approximate surface area is 247 Å². The molecule has 11 nitrogen and oxygen atoms in total. The highest BCUT2D eigenvalue weighted by atomic mass is 19.1. The van der Waals surface area contributed by atoms with Crippen molar-refractivity contribution in [3.8, 4) is 28.5 Å². The first kappa shape index (κ1) is 28.9. The Bertz CT molecular complexity index is 1950. The third kappa shape index (κ3) is 5.78. The number of hydrogen-bond donors (Lipinski definition) is 3. The molecule has 0 atom stereocenters. The van der Waals surface area contributed by atoms with Crippen LogP contribution in [0.2, 0.25) is 0 Å². The summed E-state index contributed by atoms with van der Waals surface area (Å²) in [5.74, 6) is -0.293. The van der Waals surface area contributed by atoms with Gasteiger partial charge in [-0.15, -0.1) is 0 Å². The average molecular weight is 580 g/mol. The summed E-state index contributed by atoms with van der Waals surface area (Å²) in [6, 6.07) is 13.8. The van der Waals surface area contributed by atoms with E-state index < -0.39 is 11.8 Å². The minimum atomic E-state index is -0.705. The number of aromatic nitrogens is 5. The molecule has 0 aliphatic heterocycles. The largest absolute Gasteiger partial charge is 0.357 e. The molecule has 2 aromatic carbocycles. The van der Waals surface area contributed by atoms with Crippen LogP contribution in [0.5, 0.6) is 0 Å². The molecule has 0 saturated carbocycles. The molecular formula is C31H30FN9O2. The third-order valence-corrected chi connectivity index (χ3v) is 6.81. The maximum Gasteiger partial charge on any atom is 0.323 e. The maximum absolute atomic E-state index is 15.0. The number of urea groups is 1. The van der Waals surface area contributed by atoms with Crippen molar-refractivity contribution < 1.29 is 9.18 Å². The predicted molar refractivity (Wildman–Crippen MR) is 165 cm³/mol. The van der Waals surface area contributed by atoms with E-state index in [1.165, 1.54) is 18.2 Å². The molecule has 0 radical (unpaired) electrons. The van der Waals surface area contributed by atoms with Gasteiger partial charge in [0.05, 0.1) is 23.0 Å². The second-order valence-electron chi connectivity index (χ2n) is 10.5. The quantitative estimate of drug-likeness (QED) is 0.209. The molecule has 0 fully saturated rings. The van der Waals surface area contributed by atoms with Gasteiger partial charge in [-0.3, -0.25) is 14.0 Å². The third-order valence-electron chi connectivity index (χ3n) is 6.81. The van der Waals surface area contributed by atoms with Crippen LogP contribution in [0.25, 0.3) is 33.4 Å². The Morgan fingerprint density at radius 3 is 2.47 bits per heavy atom. The van der Waals surface area contributed by atoms with Crippen LogP contribution in [0.15, 0.2) is 65.7 Å². The monoisotopic (exact) mass is 579 g/mol. The molecule has 3 aromatic heterocycles. The van der Waals surface area contributed by atoms with E-state index in [9.17, 15) is 19.2 Å². The highest BCUT2D eigenvalue weighted by molar-refractivity contribution is 6.02. The lowest BCUT2D eigenvalue weighted by atomic mass is 10.0. The first-order valence-electron chi connectivity index (χ1n) is 13.7. The van der Waals surface area contributed by atoms with Gasteiger partial charge in [0, 0.05) is 48.0 Å². The Balaban J connectivity index is 1.49. The number of hydrogen-bond acceptors (Lipinski definition) is 7. The second kappa shape index (κ2) is 11.7. The van der Waals surface area contributed by atoms with Gasteiger partial charge in [0.1, 0.15) is 17.2 Å². The highest BCUT2D eigenvalue weighted by Gasteiger charge is 2.19. The van der Waals surface area contributed by atoms with Gasteiger partial charge in [0.25, 0.3) is 5.56 Å². The fraction of sp³-hybridized carbons (Fsp3) is 0.226. The summed E-state index contributed by atoms with van der Waals surface area (Å²) in [7, 11) is 1.69. The van der Waals surface area contributed by atoms with E-state index in [1.54, 1.807) is 59.0 Å². The Hall–Kier alpha value is -5.57. The van der Waals surface area contributed by atoms with E-state index in [0.29, 0.717) is 50.6 Å². The van der Waals surface area contributed by atoms with Gasteiger partial charge in [-0.25, -0.2) is 14.2 Å². The minimum Gasteiger partial charge on any atom is -0.357 e. The number of fused-ring (bicyclic) bond motifs is 1. The van der Waals surface area contributed by atoms with E-state index in [1.807, 2.05) is 27.7 Å². The van der Waals surface area contributed by atoms with Gasteiger partial charge in [0.15, 0.2) is 0 Å². The number of anilines is 3. The van der Waals surface area contributed by atoms with Crippen molar-refractivity contribution in [3.63, 3.8) is 0 Å². The molecule has 2 amide bonds. The molecule has 0 spiro atoms. The Morgan fingerprint density at radius 2 is 1.77 bits per heavy atom. The van der Waals surface area contributed by atoms with E-state index in [4.69, 9.17) is 0 Å². The number of nitrogens with one attached hydrogen (secondary N) is 3. The summed E-state index contributed by atoms with van der Waals surface area (Å²) in [6.45, 7) is 7.64. The number of benzene rings is 2. The first-order valence-corrected chi connectivity index (χ1v) is 13.7. The molecule has 3 heterocycles. The zero-order chi connectivity index (χ0) is 30.8. The summed E-state index contributed by atoms with van der Waals surface area (Å²) >= 11 is 0. The van der Waals surface area contributed by atoms with Gasteiger partial charge in [-0.05, 0) is 63.6 Å². The molecule has 0 aliphatic carbocycles. The summed E-state index contributed by atoms with van der Waals surface area (Å²) in [5.41, 5.74) is 2.71. The number of pyridine rings is 1. The zero-order valence-corrected chi connectivity index (χ0v) is 24.3. The Morgan fingerprint density at radius 1 is 1.00 bits per heavy atom. The highest BCUT2D eigenvalue weighted by Crippen LogP contribution is 2.30. The van der Waals surface area contributed by atoms with Crippen molar-refractivity contribution in [2.24, 2.45) is 0 Å². The Kier molecular flexibility index (Phi) is 7.90. The van der Waals surface area contributed by atoms with Crippen LogP contribution in [0.1, 0.15) is 45.3 Å². The molecule has 0 unspecified atom stereocenters. The van der Waals surface area contributed by atoms with E-state index in [-0.39, 0.29) is 23.3 Å². The molecule has 5 aromatic rings. The number of nitrogens with zero attached hydrogens (tertiary/aromatic N) is 6. The molecule has 0 bridgehead atoms. The van der Waals surface area contributed by atoms with E-state index in [2.05, 4.69) is 37.1 Å². The fourth-order valence-electron chi connectivity index (χ4n) is 4.69. The number of carbonyl (C=O) groups is 1. The van der Waals surface area contributed by atoms with Gasteiger partial charge in [0.2, 0.25) is 5.95 Å². The van der Waals surface area contributed by atoms with Crippen molar-refractivity contribution in [1.29, 1.82) is 5.26 Å².